The van der Waals surface area contributed by atoms with Gasteiger partial charge in [0.25, 0.3) is 5.91 Å². The maximum atomic E-state index is 12.9. The first-order valence-electron chi connectivity index (χ1n) is 7.67. The van der Waals surface area contributed by atoms with Crippen LogP contribution in [0.25, 0.3) is 5.65 Å². The Kier molecular flexibility index (Phi) is 3.87. The van der Waals surface area contributed by atoms with Crippen molar-refractivity contribution < 1.29 is 9.53 Å². The van der Waals surface area contributed by atoms with Gasteiger partial charge < -0.3 is 9.64 Å². The number of hydrogen-bond acceptors (Lipinski definition) is 4. The summed E-state index contributed by atoms with van der Waals surface area (Å²) < 4.78 is 7.13. The van der Waals surface area contributed by atoms with Crippen molar-refractivity contribution in [1.29, 1.82) is 0 Å². The van der Waals surface area contributed by atoms with Crippen LogP contribution in [-0.4, -0.2) is 51.7 Å². The molecule has 2 aromatic rings. The van der Waals surface area contributed by atoms with Crippen LogP contribution in [0.3, 0.4) is 0 Å². The van der Waals surface area contributed by atoms with Gasteiger partial charge in [0, 0.05) is 31.6 Å². The number of aromatic nitrogens is 3. The van der Waals surface area contributed by atoms with Gasteiger partial charge in [-0.1, -0.05) is 0 Å². The standard InChI is InChI=1S/C16H22N4O2/c1-10-9-11(2)20-15(17-10)14(12(3)18-20)16(21)19-7-5-13(22-4)6-8-19/h9,13H,5-8H2,1-4H3. The van der Waals surface area contributed by atoms with Crippen molar-refractivity contribution in [1.82, 2.24) is 19.5 Å². The van der Waals surface area contributed by atoms with Crippen molar-refractivity contribution in [3.63, 3.8) is 0 Å². The summed E-state index contributed by atoms with van der Waals surface area (Å²) in [7, 11) is 1.73. The van der Waals surface area contributed by atoms with Gasteiger partial charge in [-0.05, 0) is 39.7 Å². The van der Waals surface area contributed by atoms with E-state index in [1.54, 1.807) is 11.6 Å². The molecule has 22 heavy (non-hydrogen) atoms. The van der Waals surface area contributed by atoms with Crippen molar-refractivity contribution in [3.05, 3.63) is 28.7 Å². The molecule has 1 saturated heterocycles. The maximum Gasteiger partial charge on any atom is 0.259 e. The quantitative estimate of drug-likeness (QED) is 0.850. The third-order valence-corrected chi connectivity index (χ3v) is 4.35. The van der Waals surface area contributed by atoms with Crippen LogP contribution < -0.4 is 0 Å². The van der Waals surface area contributed by atoms with Crippen molar-refractivity contribution in [2.75, 3.05) is 20.2 Å². The van der Waals surface area contributed by atoms with Gasteiger partial charge in [0.15, 0.2) is 5.65 Å². The molecule has 6 heteroatoms. The molecule has 0 atom stereocenters. The van der Waals surface area contributed by atoms with E-state index in [1.807, 2.05) is 31.7 Å². The number of fused-ring (bicyclic) bond motifs is 1. The summed E-state index contributed by atoms with van der Waals surface area (Å²) in [5, 5.41) is 4.48. The van der Waals surface area contributed by atoms with Gasteiger partial charge in [0.05, 0.1) is 11.8 Å². The summed E-state index contributed by atoms with van der Waals surface area (Å²) in [6.07, 6.45) is 2.02. The average molecular weight is 302 g/mol. The SMILES string of the molecule is COC1CCN(C(=O)c2c(C)nn3c(C)cc(C)nc23)CC1. The van der Waals surface area contributed by atoms with Crippen LogP contribution in [0.15, 0.2) is 6.07 Å². The van der Waals surface area contributed by atoms with E-state index in [4.69, 9.17) is 4.74 Å². The highest BCUT2D eigenvalue weighted by Gasteiger charge is 2.28. The lowest BCUT2D eigenvalue weighted by Gasteiger charge is -2.31. The van der Waals surface area contributed by atoms with E-state index in [-0.39, 0.29) is 12.0 Å². The summed E-state index contributed by atoms with van der Waals surface area (Å²) in [5.74, 6) is 0.0274. The van der Waals surface area contributed by atoms with Crippen LogP contribution in [0.2, 0.25) is 0 Å². The Bertz CT molecular complexity index is 714. The normalized spacial score (nSPS) is 16.5. The number of aryl methyl sites for hydroxylation is 3. The molecule has 0 aromatic carbocycles. The van der Waals surface area contributed by atoms with Crippen molar-refractivity contribution >= 4 is 11.6 Å². The molecule has 0 unspecified atom stereocenters. The van der Waals surface area contributed by atoms with Gasteiger partial charge in [-0.3, -0.25) is 4.79 Å². The average Bonchev–Trinajstić information content (AvgIpc) is 2.83. The van der Waals surface area contributed by atoms with Gasteiger partial charge in [-0.25, -0.2) is 9.50 Å². The summed E-state index contributed by atoms with van der Waals surface area (Å²) in [5.41, 5.74) is 3.91. The van der Waals surface area contributed by atoms with E-state index < -0.39 is 0 Å². The molecule has 0 radical (unpaired) electrons. The summed E-state index contributed by atoms with van der Waals surface area (Å²) in [6, 6.07) is 1.97. The molecule has 0 saturated carbocycles. The van der Waals surface area contributed by atoms with Crippen LogP contribution in [0, 0.1) is 20.8 Å². The summed E-state index contributed by atoms with van der Waals surface area (Å²) in [6.45, 7) is 7.23. The lowest BCUT2D eigenvalue weighted by Crippen LogP contribution is -2.40. The Balaban J connectivity index is 1.96. The molecule has 0 spiro atoms. The van der Waals surface area contributed by atoms with E-state index in [0.29, 0.717) is 11.2 Å². The van der Waals surface area contributed by atoms with Crippen molar-refractivity contribution in [3.8, 4) is 0 Å². The second-order valence-corrected chi connectivity index (χ2v) is 5.96. The third kappa shape index (κ3) is 2.47. The van der Waals surface area contributed by atoms with Crippen LogP contribution in [0.4, 0.5) is 0 Å². The second-order valence-electron chi connectivity index (χ2n) is 5.96. The minimum atomic E-state index is 0.0274. The monoisotopic (exact) mass is 302 g/mol. The molecule has 1 amide bonds. The van der Waals surface area contributed by atoms with E-state index >= 15 is 0 Å². The summed E-state index contributed by atoms with van der Waals surface area (Å²) in [4.78, 5) is 19.3. The highest BCUT2D eigenvalue weighted by atomic mass is 16.5. The fraction of sp³-hybridized carbons (Fsp3) is 0.562. The second kappa shape index (κ2) is 5.68. The molecule has 1 aliphatic heterocycles. The van der Waals surface area contributed by atoms with Crippen molar-refractivity contribution in [2.24, 2.45) is 0 Å². The van der Waals surface area contributed by atoms with Crippen molar-refractivity contribution in [2.45, 2.75) is 39.7 Å². The Morgan fingerprint density at radius 3 is 2.59 bits per heavy atom. The molecular weight excluding hydrogens is 280 g/mol. The molecule has 0 bridgehead atoms. The Morgan fingerprint density at radius 2 is 1.95 bits per heavy atom. The molecule has 118 valence electrons. The van der Waals surface area contributed by atoms with Gasteiger partial charge in [0.1, 0.15) is 5.56 Å². The fourth-order valence-electron chi connectivity index (χ4n) is 3.13. The lowest BCUT2D eigenvalue weighted by molar-refractivity contribution is 0.0351. The molecule has 0 aliphatic carbocycles. The number of carbonyl (C=O) groups is 1. The number of carbonyl (C=O) groups excluding carboxylic acids is 1. The van der Waals surface area contributed by atoms with Gasteiger partial charge in [-0.15, -0.1) is 0 Å². The number of likely N-dealkylation sites (tertiary alicyclic amines) is 1. The fourth-order valence-corrected chi connectivity index (χ4v) is 3.13. The van der Waals surface area contributed by atoms with Gasteiger partial charge in [0.2, 0.25) is 0 Å². The van der Waals surface area contributed by atoms with E-state index in [2.05, 4.69) is 10.1 Å². The lowest BCUT2D eigenvalue weighted by atomic mass is 10.1. The van der Waals surface area contributed by atoms with E-state index in [1.165, 1.54) is 0 Å². The highest BCUT2D eigenvalue weighted by molar-refractivity contribution is 6.01. The third-order valence-electron chi connectivity index (χ3n) is 4.35. The minimum Gasteiger partial charge on any atom is -0.381 e. The minimum absolute atomic E-state index is 0.0274. The van der Waals surface area contributed by atoms with E-state index in [0.717, 1.165) is 43.0 Å². The van der Waals surface area contributed by atoms with Crippen LogP contribution >= 0.6 is 0 Å². The Hall–Kier alpha value is -1.95. The van der Waals surface area contributed by atoms with Gasteiger partial charge in [-0.2, -0.15) is 5.10 Å². The Morgan fingerprint density at radius 1 is 1.27 bits per heavy atom. The molecule has 1 aliphatic rings. The molecule has 0 N–H and O–H groups in total. The molecule has 1 fully saturated rings. The van der Waals surface area contributed by atoms with Crippen LogP contribution in [0.1, 0.15) is 40.3 Å². The first-order valence-corrected chi connectivity index (χ1v) is 7.67. The molecule has 3 heterocycles. The maximum absolute atomic E-state index is 12.9. The number of amides is 1. The zero-order valence-corrected chi connectivity index (χ0v) is 13.6. The number of methoxy groups -OCH3 is 1. The molecule has 2 aromatic heterocycles. The van der Waals surface area contributed by atoms with Crippen LogP contribution in [0.5, 0.6) is 0 Å². The zero-order chi connectivity index (χ0) is 15.9. The smallest absolute Gasteiger partial charge is 0.259 e. The number of rotatable bonds is 2. The van der Waals surface area contributed by atoms with Crippen LogP contribution in [-0.2, 0) is 4.74 Å². The number of ether oxygens (including phenoxy) is 1. The largest absolute Gasteiger partial charge is 0.381 e. The molecule has 3 rings (SSSR count). The zero-order valence-electron chi connectivity index (χ0n) is 13.6. The summed E-state index contributed by atoms with van der Waals surface area (Å²) >= 11 is 0. The molecular formula is C16H22N4O2. The van der Waals surface area contributed by atoms with Gasteiger partial charge >= 0.3 is 0 Å². The molecule has 6 nitrogen and oxygen atoms in total. The first kappa shape index (κ1) is 15.0. The Labute approximate surface area is 130 Å². The first-order chi connectivity index (χ1) is 10.5. The number of piperidine rings is 1. The number of nitrogens with zero attached hydrogens (tertiary/aromatic N) is 4. The predicted octanol–water partition coefficient (Wildman–Crippen LogP) is 1.91. The highest BCUT2D eigenvalue weighted by Crippen LogP contribution is 2.21. The topological polar surface area (TPSA) is 59.7 Å². The predicted molar refractivity (Wildman–Crippen MR) is 83.1 cm³/mol. The number of hydrogen-bond donors (Lipinski definition) is 0. The van der Waals surface area contributed by atoms with E-state index in [9.17, 15) is 4.79 Å².